The number of aliphatic hydroxyl groups excluding tert-OH is 1. The molecule has 27 heavy (non-hydrogen) atoms. The number of fused-ring (bicyclic) bond motifs is 1. The van der Waals surface area contributed by atoms with Gasteiger partial charge in [0.2, 0.25) is 5.28 Å². The van der Waals surface area contributed by atoms with Crippen molar-refractivity contribution >= 4 is 28.3 Å². The van der Waals surface area contributed by atoms with Crippen molar-refractivity contribution in [3.05, 3.63) is 29.0 Å². The van der Waals surface area contributed by atoms with Gasteiger partial charge in [-0.2, -0.15) is 4.98 Å². The number of aromatic nitrogens is 2. The monoisotopic (exact) mass is 394 g/mol. The van der Waals surface area contributed by atoms with Crippen LogP contribution in [-0.4, -0.2) is 53.2 Å². The van der Waals surface area contributed by atoms with E-state index >= 15 is 0 Å². The van der Waals surface area contributed by atoms with Crippen LogP contribution in [0.5, 0.6) is 0 Å². The van der Waals surface area contributed by atoms with Gasteiger partial charge in [0.15, 0.2) is 6.17 Å². The molecule has 1 N–H and O–H groups in total. The zero-order valence-electron chi connectivity index (χ0n) is 15.0. The molecule has 0 unspecified atom stereocenters. The highest BCUT2D eigenvalue weighted by Crippen LogP contribution is 2.38. The second kappa shape index (κ2) is 7.47. The van der Waals surface area contributed by atoms with Gasteiger partial charge >= 0.3 is 0 Å². The molecule has 0 amide bonds. The van der Waals surface area contributed by atoms with E-state index in [4.69, 9.17) is 16.3 Å². The van der Waals surface area contributed by atoms with Gasteiger partial charge in [0.05, 0.1) is 5.52 Å². The maximum Gasteiger partial charge on any atom is 0.224 e. The average Bonchev–Trinajstić information content (AvgIpc) is 3.29. The number of nitrogens with zero attached hydrogens (tertiary/aromatic N) is 3. The summed E-state index contributed by atoms with van der Waals surface area (Å²) in [4.78, 5) is 10.8. The molecule has 4 rings (SSSR count). The van der Waals surface area contributed by atoms with Crippen LogP contribution >= 0.6 is 11.6 Å². The Morgan fingerprint density at radius 1 is 1.33 bits per heavy atom. The molecule has 2 fully saturated rings. The average molecular weight is 395 g/mol. The molecule has 1 aromatic carbocycles. The van der Waals surface area contributed by atoms with Crippen LogP contribution in [0.3, 0.4) is 0 Å². The molecule has 8 heteroatoms. The first-order valence-electron chi connectivity index (χ1n) is 9.25. The number of hydrogen-bond donors (Lipinski definition) is 1. The van der Waals surface area contributed by atoms with Crippen LogP contribution in [0, 0.1) is 0 Å². The fourth-order valence-corrected chi connectivity index (χ4v) is 4.31. The Labute approximate surface area is 161 Å². The van der Waals surface area contributed by atoms with E-state index in [0.717, 1.165) is 24.0 Å². The topological polar surface area (TPSA) is 78.4 Å². The van der Waals surface area contributed by atoms with Gasteiger partial charge in [-0.05, 0) is 42.1 Å². The summed E-state index contributed by atoms with van der Waals surface area (Å²) in [6.07, 6.45) is -0.462. The molecule has 1 saturated carbocycles. The Morgan fingerprint density at radius 3 is 2.74 bits per heavy atom. The van der Waals surface area contributed by atoms with Crippen LogP contribution in [0.1, 0.15) is 37.4 Å². The Balaban J connectivity index is 1.71. The lowest BCUT2D eigenvalue weighted by molar-refractivity contribution is -0.0397. The number of halogens is 2. The number of benzene rings is 1. The third kappa shape index (κ3) is 3.38. The highest BCUT2D eigenvalue weighted by atomic mass is 35.5. The Bertz CT molecular complexity index is 833. The molecule has 0 bridgehead atoms. The fraction of sp³-hybridized carbons (Fsp3) is 0.579. The molecule has 2 aliphatic rings. The van der Waals surface area contributed by atoms with Gasteiger partial charge < -0.3 is 14.7 Å². The van der Waals surface area contributed by atoms with Crippen LogP contribution < -0.4 is 4.90 Å². The largest absolute Gasteiger partial charge is 0.387 e. The van der Waals surface area contributed by atoms with E-state index < -0.39 is 31.1 Å². The van der Waals surface area contributed by atoms with Crippen molar-refractivity contribution in [2.45, 2.75) is 56.2 Å². The summed E-state index contributed by atoms with van der Waals surface area (Å²) in [7, 11) is 2.01. The Kier molecular flexibility index (Phi) is 5.20. The summed E-state index contributed by atoms with van der Waals surface area (Å²) >= 11 is 6.15. The van der Waals surface area contributed by atoms with Crippen LogP contribution in [-0.2, 0) is 9.84 Å². The van der Waals surface area contributed by atoms with E-state index in [2.05, 4.69) is 14.9 Å². The summed E-state index contributed by atoms with van der Waals surface area (Å²) in [6.45, 7) is -0.685. The lowest BCUT2D eigenvalue weighted by Gasteiger charge is -2.26. The van der Waals surface area contributed by atoms with Crippen molar-refractivity contribution in [2.24, 2.45) is 0 Å². The molecule has 4 atom stereocenters. The van der Waals surface area contributed by atoms with Gasteiger partial charge in [0.1, 0.15) is 30.7 Å². The maximum absolute atomic E-state index is 14.4. The van der Waals surface area contributed by atoms with Crippen LogP contribution in [0.4, 0.5) is 10.2 Å². The lowest BCUT2D eigenvalue weighted by atomic mass is 10.0. The van der Waals surface area contributed by atoms with Crippen molar-refractivity contribution in [3.8, 4) is 0 Å². The standard InChI is InChI=1S/C19H22ClFN3O3/c1-24(11-4-2-3-5-11)18-12-7-6-10(8-13(12)22-19(20)23-18)17-15(21)16(26)14(9-25)27-17/h6-8,11,14-17,26H,2-5,9H2,1H3/t14-,15+,16-,17+/m1/s1. The fourth-order valence-electron chi connectivity index (χ4n) is 4.14. The molecule has 0 spiro atoms. The quantitative estimate of drug-likeness (QED) is 0.805. The van der Waals surface area contributed by atoms with Gasteiger partial charge in [-0.15, -0.1) is 0 Å². The first-order valence-corrected chi connectivity index (χ1v) is 9.63. The molecular formula is C19H22ClFN3O3. The first-order chi connectivity index (χ1) is 13.0. The Morgan fingerprint density at radius 2 is 2.07 bits per heavy atom. The summed E-state index contributed by atoms with van der Waals surface area (Å²) in [5.41, 5.74) is 1.11. The van der Waals surface area contributed by atoms with Gasteiger partial charge in [-0.25, -0.2) is 14.5 Å². The molecule has 1 saturated heterocycles. The Hall–Kier alpha value is -1.54. The lowest BCUT2D eigenvalue weighted by Crippen LogP contribution is -2.30. The summed E-state index contributed by atoms with van der Waals surface area (Å²) in [6, 6.07) is 5.68. The molecular weight excluding hydrogens is 373 g/mol. The van der Waals surface area contributed by atoms with Gasteiger partial charge in [0.25, 0.3) is 0 Å². The van der Waals surface area contributed by atoms with Crippen molar-refractivity contribution in [2.75, 3.05) is 18.6 Å². The summed E-state index contributed by atoms with van der Waals surface area (Å²) < 4.78 is 19.8. The number of rotatable bonds is 4. The van der Waals surface area contributed by atoms with Crippen molar-refractivity contribution in [3.63, 3.8) is 0 Å². The van der Waals surface area contributed by atoms with E-state index in [9.17, 15) is 14.6 Å². The number of ether oxygens (including phenoxy) is 1. The van der Waals surface area contributed by atoms with Gasteiger partial charge in [0, 0.05) is 18.5 Å². The SMILES string of the molecule is CN(c1nc(Cl)nc2cc([C@@H]3O[C@H](C[O])[C@@H](O)[C@@H]3F)ccc12)C1CCCC1. The van der Waals surface area contributed by atoms with Crippen molar-refractivity contribution in [1.29, 1.82) is 0 Å². The highest BCUT2D eigenvalue weighted by Gasteiger charge is 2.44. The van der Waals surface area contributed by atoms with Crippen LogP contribution in [0.15, 0.2) is 18.2 Å². The zero-order valence-corrected chi connectivity index (χ0v) is 15.8. The molecule has 1 aromatic heterocycles. The third-order valence-corrected chi connectivity index (χ3v) is 5.86. The molecule has 2 aromatic rings. The smallest absolute Gasteiger partial charge is 0.224 e. The number of alkyl halides is 1. The van der Waals surface area contributed by atoms with E-state index in [1.165, 1.54) is 12.8 Å². The van der Waals surface area contributed by atoms with Crippen LogP contribution in [0.2, 0.25) is 5.28 Å². The second-order valence-electron chi connectivity index (χ2n) is 7.34. The molecule has 2 heterocycles. The molecule has 1 aliphatic carbocycles. The van der Waals surface area contributed by atoms with E-state index in [1.807, 2.05) is 13.1 Å². The molecule has 145 valence electrons. The molecule has 1 radical (unpaired) electrons. The minimum Gasteiger partial charge on any atom is -0.387 e. The molecule has 6 nitrogen and oxygen atoms in total. The number of hydrogen-bond acceptors (Lipinski definition) is 5. The van der Waals surface area contributed by atoms with Crippen molar-refractivity contribution < 1.29 is 19.3 Å². The maximum atomic E-state index is 14.4. The third-order valence-electron chi connectivity index (χ3n) is 5.69. The summed E-state index contributed by atoms with van der Waals surface area (Å²) in [5.74, 6) is 0.755. The second-order valence-corrected chi connectivity index (χ2v) is 7.68. The van der Waals surface area contributed by atoms with E-state index in [1.54, 1.807) is 12.1 Å². The van der Waals surface area contributed by atoms with Gasteiger partial charge in [-0.1, -0.05) is 18.9 Å². The van der Waals surface area contributed by atoms with Crippen molar-refractivity contribution in [1.82, 2.24) is 9.97 Å². The predicted octanol–water partition coefficient (Wildman–Crippen LogP) is 3.23. The number of aliphatic hydroxyl groups is 1. The highest BCUT2D eigenvalue weighted by molar-refractivity contribution is 6.28. The predicted molar refractivity (Wildman–Crippen MR) is 99.3 cm³/mol. The number of anilines is 1. The normalized spacial score (nSPS) is 28.9. The van der Waals surface area contributed by atoms with E-state index in [-0.39, 0.29) is 5.28 Å². The molecule has 1 aliphatic heterocycles. The minimum absolute atomic E-state index is 0.126. The minimum atomic E-state index is -1.65. The summed E-state index contributed by atoms with van der Waals surface area (Å²) in [5, 5.41) is 21.9. The van der Waals surface area contributed by atoms with Gasteiger partial charge in [-0.3, -0.25) is 0 Å². The van der Waals surface area contributed by atoms with E-state index in [0.29, 0.717) is 17.1 Å². The first kappa shape index (κ1) is 18.8. The zero-order chi connectivity index (χ0) is 19.1. The van der Waals surface area contributed by atoms with Crippen LogP contribution in [0.25, 0.3) is 10.9 Å².